The van der Waals surface area contributed by atoms with Gasteiger partial charge < -0.3 is 9.26 Å². The molecule has 130 valence electrons. The average molecular weight is 366 g/mol. The Balaban J connectivity index is 2.07. The molecule has 0 aliphatic rings. The van der Waals surface area contributed by atoms with Gasteiger partial charge in [-0.1, -0.05) is 24.3 Å². The summed E-state index contributed by atoms with van der Waals surface area (Å²) in [4.78, 5) is 12.1. The fraction of sp³-hybridized carbons (Fsp3) is 0.389. The van der Waals surface area contributed by atoms with E-state index in [-0.39, 0.29) is 12.1 Å². The van der Waals surface area contributed by atoms with E-state index < -0.39 is 13.9 Å². The SMILES string of the molecule is CCOC(=O)C(Cc1ccc(-c2ccsc2)cc1)C[PH](=O)OCC. The van der Waals surface area contributed by atoms with Crippen LogP contribution >= 0.6 is 19.4 Å². The predicted octanol–water partition coefficient (Wildman–Crippen LogP) is 4.65. The molecule has 24 heavy (non-hydrogen) atoms. The first kappa shape index (κ1) is 18.9. The van der Waals surface area contributed by atoms with E-state index >= 15 is 0 Å². The van der Waals surface area contributed by atoms with Crippen LogP contribution in [-0.2, 0) is 25.0 Å². The minimum Gasteiger partial charge on any atom is -0.466 e. The fourth-order valence-electron chi connectivity index (χ4n) is 2.47. The third kappa shape index (κ3) is 5.59. The molecule has 4 nitrogen and oxygen atoms in total. The molecule has 0 spiro atoms. The van der Waals surface area contributed by atoms with Gasteiger partial charge in [0.2, 0.25) is 0 Å². The third-order valence-corrected chi connectivity index (χ3v) is 5.75. The summed E-state index contributed by atoms with van der Waals surface area (Å²) in [5.41, 5.74) is 3.36. The molecule has 2 rings (SSSR count). The van der Waals surface area contributed by atoms with Crippen molar-refractivity contribution in [1.29, 1.82) is 0 Å². The number of ether oxygens (including phenoxy) is 1. The van der Waals surface area contributed by atoms with Gasteiger partial charge >= 0.3 is 5.97 Å². The summed E-state index contributed by atoms with van der Waals surface area (Å²) < 4.78 is 22.2. The van der Waals surface area contributed by atoms with Crippen molar-refractivity contribution in [1.82, 2.24) is 0 Å². The van der Waals surface area contributed by atoms with Crippen LogP contribution in [0, 0.1) is 5.92 Å². The lowest BCUT2D eigenvalue weighted by atomic mass is 9.99. The minimum absolute atomic E-state index is 0.226. The van der Waals surface area contributed by atoms with Crippen LogP contribution in [0.15, 0.2) is 41.1 Å². The van der Waals surface area contributed by atoms with Crippen LogP contribution in [0.4, 0.5) is 0 Å². The molecule has 0 bridgehead atoms. The van der Waals surface area contributed by atoms with Gasteiger partial charge in [-0.2, -0.15) is 11.3 Å². The first-order chi connectivity index (χ1) is 11.6. The van der Waals surface area contributed by atoms with E-state index in [1.807, 2.05) is 29.6 Å². The Morgan fingerprint density at radius 3 is 2.46 bits per heavy atom. The highest BCUT2D eigenvalue weighted by molar-refractivity contribution is 7.39. The quantitative estimate of drug-likeness (QED) is 0.479. The number of rotatable bonds is 9. The molecule has 2 atom stereocenters. The van der Waals surface area contributed by atoms with Crippen LogP contribution in [0.5, 0.6) is 0 Å². The zero-order chi connectivity index (χ0) is 17.4. The molecular weight excluding hydrogens is 343 g/mol. The molecule has 0 amide bonds. The molecule has 0 radical (unpaired) electrons. The maximum atomic E-state index is 12.1. The number of carbonyl (C=O) groups is 1. The molecule has 0 fully saturated rings. The molecule has 1 heterocycles. The minimum atomic E-state index is -2.21. The van der Waals surface area contributed by atoms with Gasteiger partial charge in [0.15, 0.2) is 8.03 Å². The van der Waals surface area contributed by atoms with Crippen molar-refractivity contribution in [3.05, 3.63) is 46.7 Å². The molecule has 0 saturated heterocycles. The van der Waals surface area contributed by atoms with E-state index in [0.29, 0.717) is 19.6 Å². The van der Waals surface area contributed by atoms with Gasteiger partial charge in [0.05, 0.1) is 19.1 Å². The second-order valence-corrected chi connectivity index (χ2v) is 7.59. The van der Waals surface area contributed by atoms with Crippen molar-refractivity contribution in [2.75, 3.05) is 19.4 Å². The monoisotopic (exact) mass is 366 g/mol. The summed E-state index contributed by atoms with van der Waals surface area (Å²) in [5, 5.41) is 4.15. The Morgan fingerprint density at radius 2 is 1.88 bits per heavy atom. The second-order valence-electron chi connectivity index (χ2n) is 5.37. The lowest BCUT2D eigenvalue weighted by Gasteiger charge is -2.15. The van der Waals surface area contributed by atoms with Crippen LogP contribution in [0.2, 0.25) is 0 Å². The summed E-state index contributed by atoms with van der Waals surface area (Å²) in [7, 11) is -2.21. The number of thiophene rings is 1. The Labute approximate surface area is 147 Å². The van der Waals surface area contributed by atoms with Crippen molar-refractivity contribution in [2.24, 2.45) is 5.92 Å². The highest BCUT2D eigenvalue weighted by Crippen LogP contribution is 2.29. The van der Waals surface area contributed by atoms with Gasteiger partial charge in [0.25, 0.3) is 0 Å². The van der Waals surface area contributed by atoms with E-state index in [2.05, 4.69) is 11.4 Å². The molecule has 0 aliphatic carbocycles. The lowest BCUT2D eigenvalue weighted by molar-refractivity contribution is -0.147. The smallest absolute Gasteiger partial charge is 0.309 e. The fourth-order valence-corrected chi connectivity index (χ4v) is 4.28. The number of esters is 1. The van der Waals surface area contributed by atoms with Crippen LogP contribution in [0.3, 0.4) is 0 Å². The molecule has 2 unspecified atom stereocenters. The van der Waals surface area contributed by atoms with Gasteiger partial charge in [0, 0.05) is 6.16 Å². The van der Waals surface area contributed by atoms with Crippen LogP contribution in [0.1, 0.15) is 19.4 Å². The van der Waals surface area contributed by atoms with E-state index in [0.717, 1.165) is 11.1 Å². The van der Waals surface area contributed by atoms with Gasteiger partial charge in [-0.3, -0.25) is 9.36 Å². The van der Waals surface area contributed by atoms with Crippen molar-refractivity contribution in [3.8, 4) is 11.1 Å². The zero-order valence-corrected chi connectivity index (χ0v) is 15.8. The Morgan fingerprint density at radius 1 is 1.12 bits per heavy atom. The lowest BCUT2D eigenvalue weighted by Crippen LogP contribution is -2.22. The Kier molecular flexibility index (Phi) is 7.70. The average Bonchev–Trinajstić information content (AvgIpc) is 3.10. The predicted molar refractivity (Wildman–Crippen MR) is 99.1 cm³/mol. The van der Waals surface area contributed by atoms with Gasteiger partial charge in [-0.05, 0) is 53.8 Å². The normalized spacial score (nSPS) is 13.4. The molecule has 2 aromatic rings. The van der Waals surface area contributed by atoms with Crippen molar-refractivity contribution in [2.45, 2.75) is 20.3 Å². The highest BCUT2D eigenvalue weighted by Gasteiger charge is 2.23. The van der Waals surface area contributed by atoms with Crippen LogP contribution in [0.25, 0.3) is 11.1 Å². The van der Waals surface area contributed by atoms with E-state index in [4.69, 9.17) is 9.26 Å². The molecule has 0 aliphatic heterocycles. The molecule has 6 heteroatoms. The number of benzene rings is 1. The van der Waals surface area contributed by atoms with E-state index in [1.54, 1.807) is 25.2 Å². The highest BCUT2D eigenvalue weighted by atomic mass is 32.1. The topological polar surface area (TPSA) is 52.6 Å². The first-order valence-electron chi connectivity index (χ1n) is 8.07. The second kappa shape index (κ2) is 9.77. The van der Waals surface area contributed by atoms with Crippen molar-refractivity contribution < 1.29 is 18.6 Å². The summed E-state index contributed by atoms with van der Waals surface area (Å²) in [6.45, 7) is 4.28. The number of hydrogen-bond acceptors (Lipinski definition) is 5. The number of hydrogen-bond donors (Lipinski definition) is 0. The summed E-state index contributed by atoms with van der Waals surface area (Å²) >= 11 is 1.66. The Bertz CT molecular complexity index is 652. The van der Waals surface area contributed by atoms with Crippen molar-refractivity contribution in [3.63, 3.8) is 0 Å². The maximum Gasteiger partial charge on any atom is 0.309 e. The number of carbonyl (C=O) groups excluding carboxylic acids is 1. The van der Waals surface area contributed by atoms with E-state index in [9.17, 15) is 9.36 Å². The summed E-state index contributed by atoms with van der Waals surface area (Å²) in [6, 6.07) is 10.2. The van der Waals surface area contributed by atoms with Crippen molar-refractivity contribution >= 4 is 25.3 Å². The van der Waals surface area contributed by atoms with Crippen LogP contribution < -0.4 is 0 Å². The summed E-state index contributed by atoms with van der Waals surface area (Å²) in [5.74, 6) is -0.743. The first-order valence-corrected chi connectivity index (χ1v) is 10.5. The molecule has 1 aromatic heterocycles. The van der Waals surface area contributed by atoms with Crippen LogP contribution in [-0.4, -0.2) is 25.3 Å². The van der Waals surface area contributed by atoms with E-state index in [1.165, 1.54) is 5.56 Å². The molecule has 1 aromatic carbocycles. The standard InChI is InChI=1S/C18H23O4PS/c1-3-21-18(19)17(12-23(20)22-4-2)11-14-5-7-15(8-6-14)16-9-10-24-13-16/h5-10,13,17,23H,3-4,11-12H2,1-2H3. The van der Waals surface area contributed by atoms with Gasteiger partial charge in [-0.25, -0.2) is 0 Å². The summed E-state index contributed by atoms with van der Waals surface area (Å²) in [6.07, 6.45) is 0.732. The van der Waals surface area contributed by atoms with Gasteiger partial charge in [0.1, 0.15) is 0 Å². The molecule has 0 N–H and O–H groups in total. The maximum absolute atomic E-state index is 12.1. The molecule has 0 saturated carbocycles. The van der Waals surface area contributed by atoms with Gasteiger partial charge in [-0.15, -0.1) is 0 Å². The zero-order valence-electron chi connectivity index (χ0n) is 14.0. The molecular formula is C18H23O4PS. The Hall–Kier alpha value is -1.42. The third-order valence-electron chi connectivity index (χ3n) is 3.63. The largest absolute Gasteiger partial charge is 0.466 e.